The predicted octanol–water partition coefficient (Wildman–Crippen LogP) is 0.427. The van der Waals surface area contributed by atoms with Gasteiger partial charge in [0.1, 0.15) is 11.9 Å². The molecular formula is C18H23FN2O6S. The molecule has 1 aromatic rings. The van der Waals surface area contributed by atoms with Crippen LogP contribution in [0.1, 0.15) is 30.6 Å². The molecule has 0 unspecified atom stereocenters. The van der Waals surface area contributed by atoms with Crippen LogP contribution in [0.3, 0.4) is 0 Å². The van der Waals surface area contributed by atoms with E-state index in [0.29, 0.717) is 6.42 Å². The Bertz CT molecular complexity index is 855. The molecular weight excluding hydrogens is 391 g/mol. The molecule has 2 rings (SSSR count). The quantitative estimate of drug-likeness (QED) is 0.625. The normalized spacial score (nSPS) is 19.1. The molecule has 0 saturated carbocycles. The van der Waals surface area contributed by atoms with Crippen LogP contribution in [0.15, 0.2) is 24.3 Å². The van der Waals surface area contributed by atoms with Crippen LogP contribution in [0.2, 0.25) is 0 Å². The second-order valence-electron chi connectivity index (χ2n) is 6.95. The van der Waals surface area contributed by atoms with Crippen LogP contribution in [0, 0.1) is 11.7 Å². The van der Waals surface area contributed by atoms with Crippen molar-refractivity contribution in [2.24, 2.45) is 5.92 Å². The number of rotatable bonds is 7. The molecule has 0 bridgehead atoms. The highest BCUT2D eigenvalue weighted by Gasteiger charge is 2.30. The Morgan fingerprint density at radius 1 is 1.25 bits per heavy atom. The van der Waals surface area contributed by atoms with E-state index in [1.54, 1.807) is 13.8 Å². The summed E-state index contributed by atoms with van der Waals surface area (Å²) in [5, 5.41) is 4.92. The number of sulfone groups is 1. The summed E-state index contributed by atoms with van der Waals surface area (Å²) in [5.74, 6) is -3.45. The van der Waals surface area contributed by atoms with Gasteiger partial charge in [0.25, 0.3) is 11.8 Å². The van der Waals surface area contributed by atoms with Crippen molar-refractivity contribution in [1.82, 2.24) is 10.6 Å². The van der Waals surface area contributed by atoms with Gasteiger partial charge in [-0.2, -0.15) is 0 Å². The maximum absolute atomic E-state index is 13.7. The molecule has 0 aliphatic carbocycles. The third kappa shape index (κ3) is 6.01. The largest absolute Gasteiger partial charge is 0.454 e. The van der Waals surface area contributed by atoms with E-state index in [4.69, 9.17) is 4.74 Å². The highest BCUT2D eigenvalue weighted by Crippen LogP contribution is 2.12. The number of benzene rings is 1. The lowest BCUT2D eigenvalue weighted by molar-refractivity contribution is -0.151. The molecule has 0 aromatic heterocycles. The molecule has 10 heteroatoms. The molecule has 1 saturated heterocycles. The molecule has 1 aliphatic heterocycles. The minimum absolute atomic E-state index is 0.00916. The standard InChI is InChI=1S/C18H23FN2O6S/c1-11(2)16(21-17(23)13-5-3-4-6-14(13)19)18(24)27-9-15(22)20-12-7-8-28(25,26)10-12/h3-6,11-12,16H,7-10H2,1-2H3,(H,20,22)(H,21,23)/t12-,16-/m0/s1. The molecule has 2 N–H and O–H groups in total. The molecule has 2 amide bonds. The summed E-state index contributed by atoms with van der Waals surface area (Å²) in [6.45, 7) is 2.72. The Morgan fingerprint density at radius 2 is 1.93 bits per heavy atom. The Hall–Kier alpha value is -2.49. The lowest BCUT2D eigenvalue weighted by Crippen LogP contribution is -2.46. The lowest BCUT2D eigenvalue weighted by Gasteiger charge is -2.21. The molecule has 8 nitrogen and oxygen atoms in total. The van der Waals surface area contributed by atoms with E-state index in [9.17, 15) is 27.2 Å². The number of hydrogen-bond acceptors (Lipinski definition) is 6. The summed E-state index contributed by atoms with van der Waals surface area (Å²) in [6.07, 6.45) is 0.315. The van der Waals surface area contributed by atoms with Crippen molar-refractivity contribution in [3.8, 4) is 0 Å². The maximum Gasteiger partial charge on any atom is 0.329 e. The molecule has 28 heavy (non-hydrogen) atoms. The molecule has 0 radical (unpaired) electrons. The first-order valence-electron chi connectivity index (χ1n) is 8.81. The lowest BCUT2D eigenvalue weighted by atomic mass is 10.0. The number of carbonyl (C=O) groups excluding carboxylic acids is 3. The third-order valence-electron chi connectivity index (χ3n) is 4.27. The van der Waals surface area contributed by atoms with Gasteiger partial charge in [0.05, 0.1) is 17.1 Å². The Labute approximate surface area is 162 Å². The van der Waals surface area contributed by atoms with Crippen molar-refractivity contribution >= 4 is 27.6 Å². The van der Waals surface area contributed by atoms with Crippen LogP contribution in [0.25, 0.3) is 0 Å². The molecule has 2 atom stereocenters. The first kappa shape index (κ1) is 21.8. The predicted molar refractivity (Wildman–Crippen MR) is 98.7 cm³/mol. The van der Waals surface area contributed by atoms with Crippen molar-refractivity contribution in [1.29, 1.82) is 0 Å². The van der Waals surface area contributed by atoms with E-state index in [2.05, 4.69) is 10.6 Å². The van der Waals surface area contributed by atoms with E-state index >= 15 is 0 Å². The van der Waals surface area contributed by atoms with E-state index in [-0.39, 0.29) is 23.0 Å². The Kier molecular flexibility index (Phi) is 7.11. The van der Waals surface area contributed by atoms with Gasteiger partial charge in [0.2, 0.25) is 0 Å². The molecule has 0 spiro atoms. The zero-order valence-corrected chi connectivity index (χ0v) is 16.4. The van der Waals surface area contributed by atoms with Gasteiger partial charge in [-0.3, -0.25) is 9.59 Å². The first-order chi connectivity index (χ1) is 13.1. The fourth-order valence-corrected chi connectivity index (χ4v) is 4.44. The summed E-state index contributed by atoms with van der Waals surface area (Å²) in [5.41, 5.74) is -0.207. The minimum Gasteiger partial charge on any atom is -0.454 e. The number of ether oxygens (including phenoxy) is 1. The zero-order chi connectivity index (χ0) is 20.9. The summed E-state index contributed by atoms with van der Waals surface area (Å²) in [6, 6.07) is 3.77. The van der Waals surface area contributed by atoms with Crippen LogP contribution >= 0.6 is 0 Å². The average Bonchev–Trinajstić information content (AvgIpc) is 2.95. The van der Waals surface area contributed by atoms with E-state index in [1.807, 2.05) is 0 Å². The fourth-order valence-electron chi connectivity index (χ4n) is 2.77. The van der Waals surface area contributed by atoms with Crippen LogP contribution in [-0.4, -0.2) is 56.4 Å². The summed E-state index contributed by atoms with van der Waals surface area (Å²) in [4.78, 5) is 36.4. The Morgan fingerprint density at radius 3 is 2.50 bits per heavy atom. The van der Waals surface area contributed by atoms with E-state index in [0.717, 1.165) is 6.07 Å². The number of carbonyl (C=O) groups is 3. The summed E-state index contributed by atoms with van der Waals surface area (Å²) < 4.78 is 41.5. The van der Waals surface area contributed by atoms with Crippen LogP contribution < -0.4 is 10.6 Å². The maximum atomic E-state index is 13.7. The summed E-state index contributed by atoms with van der Waals surface area (Å²) >= 11 is 0. The van der Waals surface area contributed by atoms with Gasteiger partial charge in [-0.1, -0.05) is 26.0 Å². The van der Waals surface area contributed by atoms with Gasteiger partial charge in [-0.25, -0.2) is 17.6 Å². The number of esters is 1. The Balaban J connectivity index is 1.89. The van der Waals surface area contributed by atoms with Crippen molar-refractivity contribution in [2.45, 2.75) is 32.4 Å². The summed E-state index contributed by atoms with van der Waals surface area (Å²) in [7, 11) is -3.14. The van der Waals surface area contributed by atoms with E-state index < -0.39 is 52.1 Å². The smallest absolute Gasteiger partial charge is 0.329 e. The molecule has 1 aromatic carbocycles. The first-order valence-corrected chi connectivity index (χ1v) is 10.6. The SMILES string of the molecule is CC(C)[C@H](NC(=O)c1ccccc1F)C(=O)OCC(=O)N[C@H]1CCS(=O)(=O)C1. The van der Waals surface area contributed by atoms with Gasteiger partial charge in [0, 0.05) is 6.04 Å². The molecule has 1 heterocycles. The van der Waals surface area contributed by atoms with Crippen molar-refractivity contribution in [3.05, 3.63) is 35.6 Å². The number of halogens is 1. The van der Waals surface area contributed by atoms with Crippen LogP contribution in [0.5, 0.6) is 0 Å². The minimum atomic E-state index is -3.14. The van der Waals surface area contributed by atoms with Gasteiger partial charge < -0.3 is 15.4 Å². The van der Waals surface area contributed by atoms with Crippen LogP contribution in [0.4, 0.5) is 4.39 Å². The highest BCUT2D eigenvalue weighted by molar-refractivity contribution is 7.91. The second kappa shape index (κ2) is 9.13. The average molecular weight is 414 g/mol. The van der Waals surface area contributed by atoms with Gasteiger partial charge in [-0.15, -0.1) is 0 Å². The van der Waals surface area contributed by atoms with Crippen molar-refractivity contribution < 1.29 is 31.9 Å². The van der Waals surface area contributed by atoms with Gasteiger partial charge in [-0.05, 0) is 24.5 Å². The second-order valence-corrected chi connectivity index (χ2v) is 9.18. The van der Waals surface area contributed by atoms with Crippen molar-refractivity contribution in [3.63, 3.8) is 0 Å². The number of amides is 2. The number of hydrogen-bond donors (Lipinski definition) is 2. The van der Waals surface area contributed by atoms with E-state index in [1.165, 1.54) is 18.2 Å². The van der Waals surface area contributed by atoms with Crippen molar-refractivity contribution in [2.75, 3.05) is 18.1 Å². The fraction of sp³-hybridized carbons (Fsp3) is 0.500. The van der Waals surface area contributed by atoms with Gasteiger partial charge >= 0.3 is 5.97 Å². The zero-order valence-electron chi connectivity index (χ0n) is 15.6. The molecule has 1 fully saturated rings. The third-order valence-corrected chi connectivity index (χ3v) is 6.04. The van der Waals surface area contributed by atoms with Gasteiger partial charge in [0.15, 0.2) is 16.4 Å². The molecule has 154 valence electrons. The highest BCUT2D eigenvalue weighted by atomic mass is 32.2. The number of nitrogens with one attached hydrogen (secondary N) is 2. The monoisotopic (exact) mass is 414 g/mol. The molecule has 1 aliphatic rings. The van der Waals surface area contributed by atoms with Crippen LogP contribution in [-0.2, 0) is 24.2 Å². The topological polar surface area (TPSA) is 119 Å².